The predicted molar refractivity (Wildman–Crippen MR) is 88.3 cm³/mol. The second-order valence-electron chi connectivity index (χ2n) is 5.42. The van der Waals surface area contributed by atoms with Crippen molar-refractivity contribution < 1.29 is 9.53 Å². The first kappa shape index (κ1) is 15.5. The fourth-order valence-electron chi connectivity index (χ4n) is 2.52. The molecule has 1 N–H and O–H groups in total. The van der Waals surface area contributed by atoms with Crippen LogP contribution in [0.5, 0.6) is 0 Å². The third-order valence-electron chi connectivity index (χ3n) is 3.71. The number of aromatic nitrogens is 1. The van der Waals surface area contributed by atoms with E-state index < -0.39 is 0 Å². The number of nitrogens with one attached hydrogen (secondary N) is 1. The summed E-state index contributed by atoms with van der Waals surface area (Å²) in [6, 6.07) is 2.02. The molecule has 1 aliphatic rings. The van der Waals surface area contributed by atoms with E-state index in [1.165, 1.54) is 0 Å². The van der Waals surface area contributed by atoms with E-state index in [9.17, 15) is 4.79 Å². The van der Waals surface area contributed by atoms with E-state index in [0.717, 1.165) is 16.1 Å². The van der Waals surface area contributed by atoms with E-state index in [4.69, 9.17) is 4.74 Å². The van der Waals surface area contributed by atoms with Crippen LogP contribution in [0.2, 0.25) is 0 Å². The number of morpholine rings is 1. The molecule has 0 aromatic carbocycles. The summed E-state index contributed by atoms with van der Waals surface area (Å²) in [5.41, 5.74) is 3.93. The molecule has 118 valence electrons. The largest absolute Gasteiger partial charge is 0.367 e. The number of hydrogen-bond acceptors (Lipinski definition) is 5. The Morgan fingerprint density at radius 3 is 3.09 bits per heavy atom. The number of rotatable bonds is 3. The van der Waals surface area contributed by atoms with Gasteiger partial charge in [-0.25, -0.2) is 9.78 Å². The summed E-state index contributed by atoms with van der Waals surface area (Å²) < 4.78 is 5.96. The van der Waals surface area contributed by atoms with Crippen LogP contribution >= 0.6 is 22.7 Å². The molecule has 3 heterocycles. The molecule has 2 amide bonds. The van der Waals surface area contributed by atoms with Gasteiger partial charge in [0, 0.05) is 11.4 Å². The van der Waals surface area contributed by atoms with Crippen LogP contribution in [-0.4, -0.2) is 35.1 Å². The van der Waals surface area contributed by atoms with Gasteiger partial charge in [-0.1, -0.05) is 0 Å². The van der Waals surface area contributed by atoms with Gasteiger partial charge >= 0.3 is 6.03 Å². The van der Waals surface area contributed by atoms with Gasteiger partial charge in [0.15, 0.2) is 0 Å². The quantitative estimate of drug-likeness (QED) is 0.936. The molecule has 2 atom stereocenters. The lowest BCUT2D eigenvalue weighted by atomic mass is 10.1. The lowest BCUT2D eigenvalue weighted by molar-refractivity contribution is -0.0655. The van der Waals surface area contributed by atoms with Crippen LogP contribution in [0.3, 0.4) is 0 Å². The number of nitrogens with zero attached hydrogens (tertiary/aromatic N) is 2. The number of ether oxygens (including phenoxy) is 1. The lowest BCUT2D eigenvalue weighted by Gasteiger charge is -2.36. The van der Waals surface area contributed by atoms with Crippen LogP contribution in [0.25, 0.3) is 0 Å². The summed E-state index contributed by atoms with van der Waals surface area (Å²) in [4.78, 5) is 19.6. The molecule has 1 saturated heterocycles. The molecular weight excluding hydrogens is 318 g/mol. The summed E-state index contributed by atoms with van der Waals surface area (Å²) in [5.74, 6) is 0. The Balaban J connectivity index is 1.60. The monoisotopic (exact) mass is 337 g/mol. The SMILES string of the molecule is Cc1ncsc1CNC(=O)N1CC(C)OC(c2ccsc2)C1. The van der Waals surface area contributed by atoms with Crippen molar-refractivity contribution in [1.82, 2.24) is 15.2 Å². The number of thiazole rings is 1. The number of amides is 2. The minimum atomic E-state index is -0.0387. The van der Waals surface area contributed by atoms with Crippen LogP contribution in [0.1, 0.15) is 29.2 Å². The van der Waals surface area contributed by atoms with E-state index in [-0.39, 0.29) is 18.2 Å². The van der Waals surface area contributed by atoms with Crippen molar-refractivity contribution in [3.8, 4) is 0 Å². The smallest absolute Gasteiger partial charge is 0.317 e. The van der Waals surface area contributed by atoms with E-state index >= 15 is 0 Å². The first-order chi connectivity index (χ1) is 10.6. The number of carbonyl (C=O) groups excluding carboxylic acids is 1. The number of urea groups is 1. The van der Waals surface area contributed by atoms with Crippen molar-refractivity contribution in [1.29, 1.82) is 0 Å². The van der Waals surface area contributed by atoms with Gasteiger partial charge in [-0.3, -0.25) is 0 Å². The Bertz CT molecular complexity index is 627. The zero-order valence-corrected chi connectivity index (χ0v) is 14.2. The molecule has 7 heteroatoms. The maximum absolute atomic E-state index is 12.4. The van der Waals surface area contributed by atoms with Gasteiger partial charge in [-0.05, 0) is 36.2 Å². The van der Waals surface area contributed by atoms with E-state index in [1.54, 1.807) is 28.2 Å². The van der Waals surface area contributed by atoms with Crippen molar-refractivity contribution in [2.24, 2.45) is 0 Å². The fraction of sp³-hybridized carbons (Fsp3) is 0.467. The summed E-state index contributed by atoms with van der Waals surface area (Å²) >= 11 is 3.22. The Morgan fingerprint density at radius 1 is 1.55 bits per heavy atom. The standard InChI is InChI=1S/C15H19N3O2S2/c1-10-6-18(7-13(20-10)12-3-4-21-8-12)15(19)16-5-14-11(2)17-9-22-14/h3-4,8-10,13H,5-7H2,1-2H3,(H,16,19). The normalized spacial score (nSPS) is 21.8. The minimum Gasteiger partial charge on any atom is -0.367 e. The Kier molecular flexibility index (Phi) is 4.75. The van der Waals surface area contributed by atoms with Crippen LogP contribution in [0.4, 0.5) is 4.79 Å². The highest BCUT2D eigenvalue weighted by molar-refractivity contribution is 7.09. The second kappa shape index (κ2) is 6.76. The van der Waals surface area contributed by atoms with Gasteiger partial charge in [0.05, 0.1) is 30.4 Å². The van der Waals surface area contributed by atoms with E-state index in [1.807, 2.05) is 24.1 Å². The Labute approximate surface area is 137 Å². The van der Waals surface area contributed by atoms with Crippen LogP contribution in [0.15, 0.2) is 22.3 Å². The molecule has 0 radical (unpaired) electrons. The molecule has 2 unspecified atom stereocenters. The summed E-state index contributed by atoms with van der Waals surface area (Å²) in [6.45, 7) is 5.71. The molecule has 0 aliphatic carbocycles. The lowest BCUT2D eigenvalue weighted by Crippen LogP contribution is -2.49. The number of aryl methyl sites for hydroxylation is 1. The average Bonchev–Trinajstić information content (AvgIpc) is 3.15. The van der Waals surface area contributed by atoms with Gasteiger partial charge in [0.2, 0.25) is 0 Å². The molecule has 5 nitrogen and oxygen atoms in total. The molecule has 0 bridgehead atoms. The zero-order chi connectivity index (χ0) is 15.5. The second-order valence-corrected chi connectivity index (χ2v) is 7.14. The van der Waals surface area contributed by atoms with Crippen molar-refractivity contribution in [3.05, 3.63) is 38.5 Å². The molecule has 0 spiro atoms. The topological polar surface area (TPSA) is 54.5 Å². The third-order valence-corrected chi connectivity index (χ3v) is 5.34. The van der Waals surface area contributed by atoms with Crippen LogP contribution in [-0.2, 0) is 11.3 Å². The molecular formula is C15H19N3O2S2. The highest BCUT2D eigenvalue weighted by Gasteiger charge is 2.29. The molecule has 0 saturated carbocycles. The summed E-state index contributed by atoms with van der Waals surface area (Å²) in [7, 11) is 0. The first-order valence-electron chi connectivity index (χ1n) is 7.22. The highest BCUT2D eigenvalue weighted by atomic mass is 32.1. The third kappa shape index (κ3) is 3.48. The van der Waals surface area contributed by atoms with Gasteiger partial charge in [0.1, 0.15) is 6.10 Å². The highest BCUT2D eigenvalue weighted by Crippen LogP contribution is 2.26. The number of hydrogen-bond donors (Lipinski definition) is 1. The fourth-order valence-corrected chi connectivity index (χ4v) is 3.94. The maximum atomic E-state index is 12.4. The number of thiophene rings is 1. The molecule has 1 fully saturated rings. The van der Waals surface area contributed by atoms with Crippen LogP contribution < -0.4 is 5.32 Å². The van der Waals surface area contributed by atoms with Gasteiger partial charge < -0.3 is 15.0 Å². The summed E-state index contributed by atoms with van der Waals surface area (Å²) in [6.07, 6.45) is 0.000399. The predicted octanol–water partition coefficient (Wildman–Crippen LogP) is 3.18. The van der Waals surface area contributed by atoms with E-state index in [2.05, 4.69) is 21.7 Å². The molecule has 22 heavy (non-hydrogen) atoms. The van der Waals surface area contributed by atoms with Gasteiger partial charge in [-0.15, -0.1) is 11.3 Å². The minimum absolute atomic E-state index is 0.0362. The Hall–Kier alpha value is -1.44. The molecule has 3 rings (SSSR count). The maximum Gasteiger partial charge on any atom is 0.317 e. The summed E-state index contributed by atoms with van der Waals surface area (Å²) in [5, 5.41) is 7.11. The van der Waals surface area contributed by atoms with Crippen molar-refractivity contribution in [2.75, 3.05) is 13.1 Å². The van der Waals surface area contributed by atoms with Crippen LogP contribution in [0, 0.1) is 6.92 Å². The average molecular weight is 337 g/mol. The molecule has 2 aromatic heterocycles. The zero-order valence-electron chi connectivity index (χ0n) is 12.6. The van der Waals surface area contributed by atoms with Crippen molar-refractivity contribution in [2.45, 2.75) is 32.6 Å². The van der Waals surface area contributed by atoms with E-state index in [0.29, 0.717) is 19.6 Å². The van der Waals surface area contributed by atoms with Crippen molar-refractivity contribution >= 4 is 28.7 Å². The molecule has 1 aliphatic heterocycles. The van der Waals surface area contributed by atoms with Crippen molar-refractivity contribution in [3.63, 3.8) is 0 Å². The van der Waals surface area contributed by atoms with Gasteiger partial charge in [-0.2, -0.15) is 11.3 Å². The first-order valence-corrected chi connectivity index (χ1v) is 9.05. The number of carbonyl (C=O) groups is 1. The Morgan fingerprint density at radius 2 is 2.41 bits per heavy atom. The van der Waals surface area contributed by atoms with Gasteiger partial charge in [0.25, 0.3) is 0 Å². The molecule has 2 aromatic rings.